The van der Waals surface area contributed by atoms with Crippen LogP contribution in [-0.4, -0.2) is 42.0 Å². The molecule has 2 aliphatic heterocycles. The highest BCUT2D eigenvalue weighted by Crippen LogP contribution is 2.49. The van der Waals surface area contributed by atoms with E-state index in [9.17, 15) is 5.11 Å². The molecule has 2 heterocycles. The van der Waals surface area contributed by atoms with E-state index in [-0.39, 0.29) is 6.04 Å². The molecule has 24 heavy (non-hydrogen) atoms. The van der Waals surface area contributed by atoms with Gasteiger partial charge in [-0.05, 0) is 11.1 Å². The number of benzene rings is 2. The van der Waals surface area contributed by atoms with Crippen molar-refractivity contribution in [2.24, 2.45) is 4.99 Å². The fraction of sp³-hybridized carbons (Fsp3) is 0.250. The Morgan fingerprint density at radius 3 is 2.38 bits per heavy atom. The molecular formula is C20H19N3O. The van der Waals surface area contributed by atoms with Crippen LogP contribution < -0.4 is 5.32 Å². The van der Waals surface area contributed by atoms with Crippen molar-refractivity contribution in [1.29, 1.82) is 0 Å². The van der Waals surface area contributed by atoms with Crippen LogP contribution in [0.2, 0.25) is 0 Å². The minimum absolute atomic E-state index is 0.0963. The molecule has 1 unspecified atom stereocenters. The number of nitrogens with one attached hydrogen (secondary N) is 1. The lowest BCUT2D eigenvalue weighted by Gasteiger charge is -2.34. The van der Waals surface area contributed by atoms with Crippen molar-refractivity contribution < 1.29 is 5.11 Å². The Morgan fingerprint density at radius 1 is 0.917 bits per heavy atom. The average Bonchev–Trinajstić information content (AvgIpc) is 2.95. The molecule has 1 saturated heterocycles. The smallest absolute Gasteiger partial charge is 0.132 e. The second-order valence-electron chi connectivity index (χ2n) is 6.49. The summed E-state index contributed by atoms with van der Waals surface area (Å²) in [6.07, 6.45) is 0. The first-order valence-electron chi connectivity index (χ1n) is 8.50. The van der Waals surface area contributed by atoms with Crippen molar-refractivity contribution in [2.75, 3.05) is 26.2 Å². The van der Waals surface area contributed by atoms with E-state index in [1.807, 2.05) is 24.3 Å². The van der Waals surface area contributed by atoms with Crippen molar-refractivity contribution >= 4 is 17.2 Å². The van der Waals surface area contributed by atoms with Gasteiger partial charge in [0.15, 0.2) is 0 Å². The molecule has 120 valence electrons. The molecule has 5 rings (SSSR count). The van der Waals surface area contributed by atoms with E-state index < -0.39 is 0 Å². The number of nitrogens with zero attached hydrogens (tertiary/aromatic N) is 2. The highest BCUT2D eigenvalue weighted by molar-refractivity contribution is 6.10. The van der Waals surface area contributed by atoms with Crippen molar-refractivity contribution in [2.45, 2.75) is 6.04 Å². The van der Waals surface area contributed by atoms with E-state index in [4.69, 9.17) is 4.99 Å². The quantitative estimate of drug-likeness (QED) is 0.785. The molecule has 4 nitrogen and oxygen atoms in total. The highest BCUT2D eigenvalue weighted by atomic mass is 16.3. The van der Waals surface area contributed by atoms with E-state index >= 15 is 0 Å². The lowest BCUT2D eigenvalue weighted by atomic mass is 9.90. The fourth-order valence-electron chi connectivity index (χ4n) is 4.02. The summed E-state index contributed by atoms with van der Waals surface area (Å²) in [4.78, 5) is 7.46. The summed E-state index contributed by atoms with van der Waals surface area (Å²) in [5, 5.41) is 14.2. The van der Waals surface area contributed by atoms with Crippen LogP contribution in [0.15, 0.2) is 53.5 Å². The minimum Gasteiger partial charge on any atom is -0.507 e. The zero-order valence-electron chi connectivity index (χ0n) is 13.4. The first kappa shape index (κ1) is 13.8. The molecule has 4 heteroatoms. The van der Waals surface area contributed by atoms with Crippen molar-refractivity contribution in [3.05, 3.63) is 70.8 Å². The number of fused-ring (bicyclic) bond motifs is 5. The summed E-state index contributed by atoms with van der Waals surface area (Å²) in [6.45, 7) is 3.89. The SMILES string of the molecule is OC1=C2c3ccccc3C(N3CCNCC3)=NC2c2ccccc21. The van der Waals surface area contributed by atoms with Crippen LogP contribution in [-0.2, 0) is 0 Å². The summed E-state index contributed by atoms with van der Waals surface area (Å²) in [6, 6.07) is 16.3. The number of aliphatic hydroxyl groups excluding tert-OH is 1. The van der Waals surface area contributed by atoms with E-state index in [0.717, 1.165) is 59.8 Å². The Bertz CT molecular complexity index is 878. The maximum atomic E-state index is 10.8. The summed E-state index contributed by atoms with van der Waals surface area (Å²) in [5.41, 5.74) is 5.21. The number of aliphatic hydroxyl groups is 1. The molecule has 0 amide bonds. The van der Waals surface area contributed by atoms with Crippen LogP contribution in [0.3, 0.4) is 0 Å². The molecule has 1 aliphatic carbocycles. The van der Waals surface area contributed by atoms with E-state index in [1.54, 1.807) is 0 Å². The predicted molar refractivity (Wildman–Crippen MR) is 96.0 cm³/mol. The molecule has 1 fully saturated rings. The Kier molecular flexibility index (Phi) is 3.00. The second-order valence-corrected chi connectivity index (χ2v) is 6.49. The Hall–Kier alpha value is -2.59. The van der Waals surface area contributed by atoms with Gasteiger partial charge in [-0.1, -0.05) is 48.5 Å². The third-order valence-corrected chi connectivity index (χ3v) is 5.17. The first-order chi connectivity index (χ1) is 11.8. The molecule has 1 atom stereocenters. The molecular weight excluding hydrogens is 298 g/mol. The number of hydrogen-bond donors (Lipinski definition) is 2. The minimum atomic E-state index is -0.0963. The third-order valence-electron chi connectivity index (χ3n) is 5.17. The second kappa shape index (κ2) is 5.21. The lowest BCUT2D eigenvalue weighted by Crippen LogP contribution is -2.47. The molecule has 0 spiro atoms. The van der Waals surface area contributed by atoms with Crippen molar-refractivity contribution in [1.82, 2.24) is 10.2 Å². The van der Waals surface area contributed by atoms with Gasteiger partial charge in [0.1, 0.15) is 17.6 Å². The van der Waals surface area contributed by atoms with Gasteiger partial charge < -0.3 is 15.3 Å². The molecule has 0 aromatic heterocycles. The number of aliphatic imine (C=N–C) groups is 1. The number of piperazine rings is 1. The van der Waals surface area contributed by atoms with Gasteiger partial charge in [0.05, 0.1) is 0 Å². The van der Waals surface area contributed by atoms with Crippen LogP contribution >= 0.6 is 0 Å². The van der Waals surface area contributed by atoms with Gasteiger partial charge in [0.2, 0.25) is 0 Å². The number of rotatable bonds is 0. The Balaban J connectivity index is 1.73. The summed E-state index contributed by atoms with van der Waals surface area (Å²) in [7, 11) is 0. The number of hydrogen-bond acceptors (Lipinski definition) is 4. The number of amidine groups is 1. The molecule has 2 N–H and O–H groups in total. The molecule has 0 radical (unpaired) electrons. The zero-order valence-corrected chi connectivity index (χ0v) is 13.4. The molecule has 0 saturated carbocycles. The van der Waals surface area contributed by atoms with Crippen LogP contribution in [0, 0.1) is 0 Å². The normalized spacial score (nSPS) is 21.9. The van der Waals surface area contributed by atoms with E-state index in [1.165, 1.54) is 0 Å². The van der Waals surface area contributed by atoms with E-state index in [2.05, 4.69) is 34.5 Å². The monoisotopic (exact) mass is 317 g/mol. The van der Waals surface area contributed by atoms with Crippen LogP contribution in [0.5, 0.6) is 0 Å². The summed E-state index contributed by atoms with van der Waals surface area (Å²) >= 11 is 0. The van der Waals surface area contributed by atoms with Gasteiger partial charge in [-0.3, -0.25) is 4.99 Å². The molecule has 3 aliphatic rings. The lowest BCUT2D eigenvalue weighted by molar-refractivity contribution is 0.356. The summed E-state index contributed by atoms with van der Waals surface area (Å²) in [5.74, 6) is 1.44. The largest absolute Gasteiger partial charge is 0.507 e. The first-order valence-corrected chi connectivity index (χ1v) is 8.50. The molecule has 0 bridgehead atoms. The zero-order chi connectivity index (χ0) is 16.1. The average molecular weight is 317 g/mol. The third kappa shape index (κ3) is 1.86. The van der Waals surface area contributed by atoms with Crippen LogP contribution in [0.1, 0.15) is 28.3 Å². The van der Waals surface area contributed by atoms with Gasteiger partial charge in [-0.15, -0.1) is 0 Å². The van der Waals surface area contributed by atoms with Gasteiger partial charge >= 0.3 is 0 Å². The molecule has 2 aromatic carbocycles. The summed E-state index contributed by atoms with van der Waals surface area (Å²) < 4.78 is 0. The maximum Gasteiger partial charge on any atom is 0.132 e. The van der Waals surface area contributed by atoms with Gasteiger partial charge in [-0.2, -0.15) is 0 Å². The van der Waals surface area contributed by atoms with Crippen molar-refractivity contribution in [3.63, 3.8) is 0 Å². The van der Waals surface area contributed by atoms with Gasteiger partial charge in [0, 0.05) is 42.9 Å². The van der Waals surface area contributed by atoms with Crippen LogP contribution in [0.4, 0.5) is 0 Å². The standard InChI is InChI=1S/C20H19N3O/c24-19-15-7-3-2-6-14(15)18-17(19)13-5-1-4-8-16(13)20(22-18)23-11-9-21-10-12-23/h1-8,18,21,24H,9-12H2. The van der Waals surface area contributed by atoms with Gasteiger partial charge in [0.25, 0.3) is 0 Å². The molecule has 2 aromatic rings. The van der Waals surface area contributed by atoms with Crippen LogP contribution in [0.25, 0.3) is 11.3 Å². The fourth-order valence-corrected chi connectivity index (χ4v) is 4.02. The van der Waals surface area contributed by atoms with Gasteiger partial charge in [-0.25, -0.2) is 0 Å². The maximum absolute atomic E-state index is 10.8. The Morgan fingerprint density at radius 2 is 1.58 bits per heavy atom. The van der Waals surface area contributed by atoms with Crippen molar-refractivity contribution in [3.8, 4) is 0 Å². The Labute approximate surface area is 141 Å². The van der Waals surface area contributed by atoms with E-state index in [0.29, 0.717) is 5.76 Å². The highest BCUT2D eigenvalue weighted by Gasteiger charge is 2.37. The topological polar surface area (TPSA) is 47.9 Å². The predicted octanol–water partition coefficient (Wildman–Crippen LogP) is 2.83.